The van der Waals surface area contributed by atoms with E-state index < -0.39 is 27.6 Å². The largest absolute Gasteiger partial charge is 0.323 e. The smallest absolute Gasteiger partial charge is 0.243 e. The summed E-state index contributed by atoms with van der Waals surface area (Å²) in [6.45, 7) is 0.451. The van der Waals surface area contributed by atoms with E-state index in [1.165, 1.54) is 15.9 Å². The fraction of sp³-hybridized carbons (Fsp3) is 0.409. The summed E-state index contributed by atoms with van der Waals surface area (Å²) in [4.78, 5) is 12.8. The molecule has 2 aromatic rings. The van der Waals surface area contributed by atoms with E-state index in [-0.39, 0.29) is 24.7 Å². The van der Waals surface area contributed by atoms with Gasteiger partial charge in [0.2, 0.25) is 15.9 Å². The monoisotopic (exact) mass is 434 g/mol. The Balaban J connectivity index is 1.40. The number of halogens is 2. The Bertz CT molecular complexity index is 1060. The van der Waals surface area contributed by atoms with E-state index >= 15 is 0 Å². The first-order valence-electron chi connectivity index (χ1n) is 10.2. The average molecular weight is 435 g/mol. The number of carbonyl (C=O) groups excluding carboxylic acids is 1. The number of aryl methyl sites for hydroxylation is 2. The van der Waals surface area contributed by atoms with Crippen LogP contribution in [0.2, 0.25) is 0 Å². The fourth-order valence-corrected chi connectivity index (χ4v) is 5.72. The van der Waals surface area contributed by atoms with E-state index in [0.717, 1.165) is 37.3 Å². The summed E-state index contributed by atoms with van der Waals surface area (Å²) >= 11 is 0. The number of hydrogen-bond donors (Lipinski definition) is 1. The molecule has 0 radical (unpaired) electrons. The van der Waals surface area contributed by atoms with E-state index in [9.17, 15) is 22.0 Å². The van der Waals surface area contributed by atoms with Crippen LogP contribution in [0, 0.1) is 17.6 Å². The van der Waals surface area contributed by atoms with Gasteiger partial charge < -0.3 is 5.32 Å². The van der Waals surface area contributed by atoms with E-state index in [4.69, 9.17) is 0 Å². The number of nitrogens with one attached hydrogen (secondary N) is 1. The first-order valence-corrected chi connectivity index (χ1v) is 11.7. The third kappa shape index (κ3) is 4.25. The molecule has 1 fully saturated rings. The molecule has 0 bridgehead atoms. The fourth-order valence-electron chi connectivity index (χ4n) is 4.20. The second-order valence-electron chi connectivity index (χ2n) is 7.93. The molecule has 1 aliphatic heterocycles. The van der Waals surface area contributed by atoms with Crippen molar-refractivity contribution >= 4 is 21.6 Å². The SMILES string of the molecule is O=C(Nc1ccc(F)cc1F)C1CCN(S(=O)(=O)c2ccc3c(c2)CCCC3)CC1. The van der Waals surface area contributed by atoms with Gasteiger partial charge in [-0.25, -0.2) is 17.2 Å². The molecule has 0 saturated carbocycles. The lowest BCUT2D eigenvalue weighted by Crippen LogP contribution is -2.41. The molecular formula is C22H24F2N2O3S. The lowest BCUT2D eigenvalue weighted by molar-refractivity contribution is -0.120. The molecule has 8 heteroatoms. The van der Waals surface area contributed by atoms with Gasteiger partial charge in [0.25, 0.3) is 0 Å². The van der Waals surface area contributed by atoms with Crippen LogP contribution in [0.4, 0.5) is 14.5 Å². The first-order chi connectivity index (χ1) is 14.3. The molecule has 1 N–H and O–H groups in total. The maximum absolute atomic E-state index is 13.8. The predicted octanol–water partition coefficient (Wildman–Crippen LogP) is 3.88. The van der Waals surface area contributed by atoms with Gasteiger partial charge in [-0.05, 0) is 73.9 Å². The molecule has 4 rings (SSSR count). The lowest BCUT2D eigenvalue weighted by atomic mass is 9.92. The summed E-state index contributed by atoms with van der Waals surface area (Å²) in [6.07, 6.45) is 4.80. The van der Waals surface area contributed by atoms with E-state index in [1.807, 2.05) is 6.07 Å². The Morgan fingerprint density at radius 3 is 2.37 bits per heavy atom. The highest BCUT2D eigenvalue weighted by Crippen LogP contribution is 2.29. The minimum absolute atomic E-state index is 0.0782. The standard InChI is InChI=1S/C22H24F2N2O3S/c23-18-6-8-21(20(24)14-18)25-22(27)16-9-11-26(12-10-16)30(28,29)19-7-5-15-3-1-2-4-17(15)13-19/h5-8,13-14,16H,1-4,9-12H2,(H,25,27). The number of rotatable bonds is 4. The highest BCUT2D eigenvalue weighted by molar-refractivity contribution is 7.89. The number of nitrogens with zero attached hydrogens (tertiary/aromatic N) is 1. The Morgan fingerprint density at radius 1 is 0.967 bits per heavy atom. The highest BCUT2D eigenvalue weighted by atomic mass is 32.2. The Labute approximate surface area is 175 Å². The van der Waals surface area contributed by atoms with Crippen molar-refractivity contribution in [2.45, 2.75) is 43.4 Å². The van der Waals surface area contributed by atoms with Gasteiger partial charge in [0, 0.05) is 25.1 Å². The minimum Gasteiger partial charge on any atom is -0.323 e. The quantitative estimate of drug-likeness (QED) is 0.794. The van der Waals surface area contributed by atoms with Crippen LogP contribution < -0.4 is 5.32 Å². The van der Waals surface area contributed by atoms with E-state index in [1.54, 1.807) is 12.1 Å². The minimum atomic E-state index is -3.62. The van der Waals surface area contributed by atoms with Crippen molar-refractivity contribution in [1.29, 1.82) is 0 Å². The van der Waals surface area contributed by atoms with Crippen molar-refractivity contribution in [3.63, 3.8) is 0 Å². The molecule has 1 saturated heterocycles. The number of anilines is 1. The van der Waals surface area contributed by atoms with Gasteiger partial charge in [0.05, 0.1) is 10.6 Å². The van der Waals surface area contributed by atoms with Crippen LogP contribution in [-0.4, -0.2) is 31.7 Å². The zero-order valence-electron chi connectivity index (χ0n) is 16.5. The maximum atomic E-state index is 13.8. The first kappa shape index (κ1) is 20.9. The molecule has 0 spiro atoms. The summed E-state index contributed by atoms with van der Waals surface area (Å²) < 4.78 is 54.3. The molecule has 1 heterocycles. The zero-order valence-corrected chi connectivity index (χ0v) is 17.4. The Hall–Kier alpha value is -2.32. The summed E-state index contributed by atoms with van der Waals surface area (Å²) in [5.41, 5.74) is 2.26. The van der Waals surface area contributed by atoms with E-state index in [0.29, 0.717) is 23.8 Å². The molecule has 0 unspecified atom stereocenters. The third-order valence-electron chi connectivity index (χ3n) is 5.97. The molecule has 160 valence electrons. The average Bonchev–Trinajstić information content (AvgIpc) is 2.75. The molecule has 1 amide bonds. The third-order valence-corrected chi connectivity index (χ3v) is 7.87. The van der Waals surface area contributed by atoms with Crippen LogP contribution >= 0.6 is 0 Å². The van der Waals surface area contributed by atoms with Crippen LogP contribution in [0.15, 0.2) is 41.3 Å². The van der Waals surface area contributed by atoms with Crippen molar-refractivity contribution in [2.24, 2.45) is 5.92 Å². The van der Waals surface area contributed by atoms with E-state index in [2.05, 4.69) is 5.32 Å². The number of sulfonamides is 1. The molecule has 1 aliphatic carbocycles. The molecule has 0 aromatic heterocycles. The van der Waals surface area contributed by atoms with Gasteiger partial charge in [-0.15, -0.1) is 0 Å². The van der Waals surface area contributed by atoms with Crippen LogP contribution in [0.25, 0.3) is 0 Å². The maximum Gasteiger partial charge on any atom is 0.243 e. The number of hydrogen-bond acceptors (Lipinski definition) is 3. The molecular weight excluding hydrogens is 410 g/mol. The zero-order chi connectivity index (χ0) is 21.3. The Kier molecular flexibility index (Phi) is 5.88. The number of piperidine rings is 1. The molecule has 2 aliphatic rings. The summed E-state index contributed by atoms with van der Waals surface area (Å²) in [5.74, 6) is -2.36. The van der Waals surface area contributed by atoms with Crippen molar-refractivity contribution in [2.75, 3.05) is 18.4 Å². The number of carbonyl (C=O) groups is 1. The van der Waals surface area contributed by atoms with Crippen molar-refractivity contribution in [3.05, 3.63) is 59.2 Å². The van der Waals surface area contributed by atoms with Gasteiger partial charge in [0.1, 0.15) is 11.6 Å². The van der Waals surface area contributed by atoms with Crippen LogP contribution in [0.3, 0.4) is 0 Å². The van der Waals surface area contributed by atoms with Gasteiger partial charge in [0.15, 0.2) is 0 Å². The normalized spacial score (nSPS) is 18.1. The topological polar surface area (TPSA) is 66.5 Å². The molecule has 0 atom stereocenters. The van der Waals surface area contributed by atoms with Crippen LogP contribution in [-0.2, 0) is 27.7 Å². The van der Waals surface area contributed by atoms with Crippen LogP contribution in [0.1, 0.15) is 36.8 Å². The van der Waals surface area contributed by atoms with Gasteiger partial charge in [-0.1, -0.05) is 6.07 Å². The summed E-state index contributed by atoms with van der Waals surface area (Å²) in [5, 5.41) is 2.48. The van der Waals surface area contributed by atoms with Crippen molar-refractivity contribution in [3.8, 4) is 0 Å². The van der Waals surface area contributed by atoms with Crippen LogP contribution in [0.5, 0.6) is 0 Å². The number of amides is 1. The molecule has 30 heavy (non-hydrogen) atoms. The van der Waals surface area contributed by atoms with Crippen molar-refractivity contribution in [1.82, 2.24) is 4.31 Å². The number of fused-ring (bicyclic) bond motifs is 1. The molecule has 2 aromatic carbocycles. The number of benzene rings is 2. The summed E-state index contributed by atoms with van der Waals surface area (Å²) in [6, 6.07) is 8.35. The van der Waals surface area contributed by atoms with Crippen molar-refractivity contribution < 1.29 is 22.0 Å². The van der Waals surface area contributed by atoms with Gasteiger partial charge in [-0.2, -0.15) is 4.31 Å². The van der Waals surface area contributed by atoms with Gasteiger partial charge >= 0.3 is 0 Å². The summed E-state index contributed by atoms with van der Waals surface area (Å²) in [7, 11) is -3.62. The second kappa shape index (κ2) is 8.43. The predicted molar refractivity (Wildman–Crippen MR) is 110 cm³/mol. The Morgan fingerprint density at radius 2 is 1.67 bits per heavy atom. The van der Waals surface area contributed by atoms with Gasteiger partial charge in [-0.3, -0.25) is 4.79 Å². The lowest BCUT2D eigenvalue weighted by Gasteiger charge is -2.31. The highest BCUT2D eigenvalue weighted by Gasteiger charge is 2.32. The second-order valence-corrected chi connectivity index (χ2v) is 9.87. The molecule has 5 nitrogen and oxygen atoms in total.